The zero-order valence-electron chi connectivity index (χ0n) is 35.9. The zero-order chi connectivity index (χ0) is 43.2. The van der Waals surface area contributed by atoms with Crippen LogP contribution in [-0.4, -0.2) is 8.07 Å². The van der Waals surface area contributed by atoms with Crippen molar-refractivity contribution in [3.8, 4) is 11.1 Å². The number of benzene rings is 11. The Morgan fingerprint density at radius 1 is 0.292 bits per heavy atom. The molecule has 0 spiro atoms. The molecule has 1 aliphatic carbocycles. The van der Waals surface area contributed by atoms with E-state index in [9.17, 15) is 0 Å². The summed E-state index contributed by atoms with van der Waals surface area (Å²) in [6.07, 6.45) is 0. The van der Waals surface area contributed by atoms with Gasteiger partial charge in [0, 0.05) is 17.1 Å². The molecule has 0 unspecified atom stereocenters. The molecule has 1 aliphatic rings. The molecule has 0 atom stereocenters. The van der Waals surface area contributed by atoms with Crippen molar-refractivity contribution in [3.05, 3.63) is 295 Å². The average Bonchev–Trinajstić information content (AvgIpc) is 3.69. The van der Waals surface area contributed by atoms with Gasteiger partial charge in [0.2, 0.25) is 0 Å². The minimum atomic E-state index is -2.96. The number of fused-ring (bicyclic) bond motifs is 6. The van der Waals surface area contributed by atoms with Gasteiger partial charge >= 0.3 is 0 Å². The van der Waals surface area contributed by atoms with E-state index in [1.54, 1.807) is 0 Å². The second-order valence-corrected chi connectivity index (χ2v) is 20.9. The van der Waals surface area contributed by atoms with E-state index >= 15 is 0 Å². The third kappa shape index (κ3) is 6.06. The summed E-state index contributed by atoms with van der Waals surface area (Å²) in [6, 6.07) is 102. The van der Waals surface area contributed by atoms with Gasteiger partial charge in [-0.2, -0.15) is 0 Å². The van der Waals surface area contributed by atoms with Crippen LogP contribution in [0.1, 0.15) is 22.3 Å². The molecule has 0 radical (unpaired) electrons. The van der Waals surface area contributed by atoms with Gasteiger partial charge in [-0.05, 0) is 112 Å². The van der Waals surface area contributed by atoms with Crippen LogP contribution in [0.2, 0.25) is 0 Å². The van der Waals surface area contributed by atoms with Crippen LogP contribution in [0, 0.1) is 0 Å². The number of para-hydroxylation sites is 1. The van der Waals surface area contributed by atoms with E-state index in [-0.39, 0.29) is 0 Å². The summed E-state index contributed by atoms with van der Waals surface area (Å²) in [5.74, 6) is 0. The van der Waals surface area contributed by atoms with E-state index < -0.39 is 13.5 Å². The molecule has 11 aromatic rings. The molecule has 1 nitrogen and oxygen atoms in total. The molecular weight excluding hydrogens is 799 g/mol. The van der Waals surface area contributed by atoms with Crippen LogP contribution < -0.4 is 25.6 Å². The number of anilines is 3. The van der Waals surface area contributed by atoms with Crippen molar-refractivity contribution in [2.45, 2.75) is 5.41 Å². The monoisotopic (exact) mass is 843 g/mol. The van der Waals surface area contributed by atoms with Gasteiger partial charge < -0.3 is 4.90 Å². The molecule has 0 N–H and O–H groups in total. The molecule has 0 aliphatic heterocycles. The van der Waals surface area contributed by atoms with Crippen LogP contribution in [0.25, 0.3) is 32.7 Å². The largest absolute Gasteiger partial charge is 0.310 e. The molecular formula is C63H45NSi. The van der Waals surface area contributed by atoms with Gasteiger partial charge in [-0.25, -0.2) is 0 Å². The summed E-state index contributed by atoms with van der Waals surface area (Å²) in [5.41, 5.74) is 10.5. The van der Waals surface area contributed by atoms with Gasteiger partial charge in [-0.3, -0.25) is 0 Å². The maximum atomic E-state index is 2.50. The first-order valence-corrected chi connectivity index (χ1v) is 24.6. The van der Waals surface area contributed by atoms with Crippen LogP contribution in [0.15, 0.2) is 273 Å². The minimum absolute atomic E-state index is 0.504. The third-order valence-corrected chi connectivity index (χ3v) is 18.7. The van der Waals surface area contributed by atoms with Gasteiger partial charge in [0.1, 0.15) is 0 Å². The summed E-state index contributed by atoms with van der Waals surface area (Å²) >= 11 is 0. The number of hydrogen-bond donors (Lipinski definition) is 0. The van der Waals surface area contributed by atoms with Crippen LogP contribution in [-0.2, 0) is 5.41 Å². The number of nitrogens with zero attached hydrogens (tertiary/aromatic N) is 1. The lowest BCUT2D eigenvalue weighted by Gasteiger charge is -2.36. The predicted octanol–water partition coefficient (Wildman–Crippen LogP) is 13.2. The molecule has 2 heteroatoms. The highest BCUT2D eigenvalue weighted by Gasteiger charge is 2.47. The van der Waals surface area contributed by atoms with Crippen LogP contribution in [0.4, 0.5) is 17.1 Å². The topological polar surface area (TPSA) is 3.24 Å². The highest BCUT2D eigenvalue weighted by Crippen LogP contribution is 2.57. The second kappa shape index (κ2) is 15.9. The van der Waals surface area contributed by atoms with Crippen molar-refractivity contribution in [1.82, 2.24) is 0 Å². The van der Waals surface area contributed by atoms with Crippen molar-refractivity contribution in [2.24, 2.45) is 0 Å². The Hall–Kier alpha value is -8.04. The van der Waals surface area contributed by atoms with Crippen molar-refractivity contribution in [2.75, 3.05) is 4.90 Å². The molecule has 0 bridgehead atoms. The Labute approximate surface area is 382 Å². The van der Waals surface area contributed by atoms with Gasteiger partial charge in [-0.15, -0.1) is 0 Å². The smallest absolute Gasteiger partial charge is 0.180 e. The maximum absolute atomic E-state index is 2.96. The first kappa shape index (κ1) is 38.6. The summed E-state index contributed by atoms with van der Waals surface area (Å²) in [4.78, 5) is 2.44. The van der Waals surface area contributed by atoms with Crippen molar-refractivity contribution in [1.29, 1.82) is 0 Å². The molecule has 0 aromatic heterocycles. The summed E-state index contributed by atoms with van der Waals surface area (Å²) in [7, 11) is -2.96. The lowest BCUT2D eigenvalue weighted by atomic mass is 9.67. The molecule has 0 saturated heterocycles. The highest BCUT2D eigenvalue weighted by atomic mass is 28.3. The number of hydrogen-bond acceptors (Lipinski definition) is 1. The quantitative estimate of drug-likeness (QED) is 0.0795. The average molecular weight is 844 g/mol. The first-order valence-electron chi connectivity index (χ1n) is 22.6. The van der Waals surface area contributed by atoms with E-state index in [0.717, 1.165) is 17.1 Å². The Bertz CT molecular complexity index is 3380. The van der Waals surface area contributed by atoms with E-state index in [1.807, 2.05) is 0 Å². The molecule has 11 aromatic carbocycles. The molecule has 306 valence electrons. The van der Waals surface area contributed by atoms with Crippen molar-refractivity contribution < 1.29 is 0 Å². The second-order valence-electron chi connectivity index (χ2n) is 17.1. The van der Waals surface area contributed by atoms with E-state index in [4.69, 9.17) is 0 Å². The first-order chi connectivity index (χ1) is 32.3. The maximum Gasteiger partial charge on any atom is 0.180 e. The van der Waals surface area contributed by atoms with Gasteiger partial charge in [0.25, 0.3) is 0 Å². The summed E-state index contributed by atoms with van der Waals surface area (Å²) in [6.45, 7) is 0. The summed E-state index contributed by atoms with van der Waals surface area (Å²) in [5, 5.41) is 10.6. The van der Waals surface area contributed by atoms with Crippen molar-refractivity contribution >= 4 is 67.4 Å². The molecule has 0 fully saturated rings. The SMILES string of the molecule is c1ccc(N(c2ccc([Si](c3ccccc3)(c3ccccc3)c3cc4ccccc4c4ccccc34)cc2)c2ccc3c(c2)C(c2ccccc2)(c2ccccc2)c2ccccc2-3)cc1. The molecule has 12 rings (SSSR count). The lowest BCUT2D eigenvalue weighted by molar-refractivity contribution is 0.768. The van der Waals surface area contributed by atoms with Gasteiger partial charge in [0.05, 0.1) is 5.41 Å². The van der Waals surface area contributed by atoms with Crippen LogP contribution >= 0.6 is 0 Å². The Kier molecular flexibility index (Phi) is 9.47. The standard InChI is InChI=1S/C63H45NSi/c1-6-23-47(24-7-1)63(48-25-8-2-9-26-48)60-37-21-20-35-57(60)58-43-40-51(45-61(58)63)64(49-27-10-3-11-28-49)50-38-41-54(42-39-50)65(52-29-12-4-13-30-52,53-31-14-5-15-32-53)62-44-46-22-16-17-33-55(46)56-34-18-19-36-59(56)62/h1-45H. The molecule has 0 saturated carbocycles. The Balaban J connectivity index is 1.09. The fourth-order valence-electron chi connectivity index (χ4n) is 11.2. The Morgan fingerprint density at radius 2 is 0.738 bits per heavy atom. The van der Waals surface area contributed by atoms with Crippen molar-refractivity contribution in [3.63, 3.8) is 0 Å². The highest BCUT2D eigenvalue weighted by molar-refractivity contribution is 7.20. The van der Waals surface area contributed by atoms with Gasteiger partial charge in [0.15, 0.2) is 8.07 Å². The van der Waals surface area contributed by atoms with Gasteiger partial charge in [-0.1, -0.05) is 237 Å². The third-order valence-electron chi connectivity index (χ3n) is 13.9. The zero-order valence-corrected chi connectivity index (χ0v) is 36.9. The predicted molar refractivity (Wildman–Crippen MR) is 277 cm³/mol. The fraction of sp³-hybridized carbons (Fsp3) is 0.0159. The summed E-state index contributed by atoms with van der Waals surface area (Å²) < 4.78 is 0. The van der Waals surface area contributed by atoms with Crippen LogP contribution in [0.5, 0.6) is 0 Å². The van der Waals surface area contributed by atoms with E-state index in [1.165, 1.54) is 75.7 Å². The molecule has 65 heavy (non-hydrogen) atoms. The molecule has 0 amide bonds. The normalized spacial score (nSPS) is 12.7. The fourth-order valence-corrected chi connectivity index (χ4v) is 16.1. The molecule has 0 heterocycles. The van der Waals surface area contributed by atoms with E-state index in [0.29, 0.717) is 0 Å². The minimum Gasteiger partial charge on any atom is -0.310 e. The van der Waals surface area contributed by atoms with E-state index in [2.05, 4.69) is 278 Å². The Morgan fingerprint density at radius 3 is 1.37 bits per heavy atom. The van der Waals surface area contributed by atoms with Crippen LogP contribution in [0.3, 0.4) is 0 Å². The number of rotatable bonds is 9. The lowest BCUT2D eigenvalue weighted by Crippen LogP contribution is -2.74.